The second-order valence-corrected chi connectivity index (χ2v) is 6.66. The Balaban J connectivity index is 1.75. The molecule has 2 heterocycles. The summed E-state index contributed by atoms with van der Waals surface area (Å²) in [6, 6.07) is 10.0. The standard InChI is InChI=1S/C19H26O5/c1-5-11-20-18-17(21-12-14-9-7-6-8-10-14)16-15(13(2)22-18)23-19(3,4)24-16/h5-10,13,15-18H,1,11-12H2,2-4H3/t13-,15+,16+,17-,18?/m0/s1. The maximum atomic E-state index is 6.14. The third kappa shape index (κ3) is 3.87. The lowest BCUT2D eigenvalue weighted by molar-refractivity contribution is -0.283. The number of rotatable bonds is 6. The lowest BCUT2D eigenvalue weighted by Gasteiger charge is -2.40. The van der Waals surface area contributed by atoms with Gasteiger partial charge in [-0.25, -0.2) is 0 Å². The number of fused-ring (bicyclic) bond motifs is 1. The number of hydrogen-bond donors (Lipinski definition) is 0. The van der Waals surface area contributed by atoms with E-state index < -0.39 is 12.1 Å². The maximum absolute atomic E-state index is 6.14. The van der Waals surface area contributed by atoms with Crippen molar-refractivity contribution in [1.82, 2.24) is 0 Å². The molecule has 132 valence electrons. The largest absolute Gasteiger partial charge is 0.365 e. The summed E-state index contributed by atoms with van der Waals surface area (Å²) in [5, 5.41) is 0. The van der Waals surface area contributed by atoms with Gasteiger partial charge in [-0.05, 0) is 26.3 Å². The molecule has 0 amide bonds. The van der Waals surface area contributed by atoms with Crippen LogP contribution in [0.25, 0.3) is 0 Å². The molecule has 24 heavy (non-hydrogen) atoms. The fourth-order valence-electron chi connectivity index (χ4n) is 3.19. The molecular formula is C19H26O5. The zero-order valence-corrected chi connectivity index (χ0v) is 14.5. The van der Waals surface area contributed by atoms with Gasteiger partial charge in [-0.1, -0.05) is 36.4 Å². The molecule has 0 N–H and O–H groups in total. The Morgan fingerprint density at radius 1 is 1.12 bits per heavy atom. The maximum Gasteiger partial charge on any atom is 0.187 e. The van der Waals surface area contributed by atoms with Crippen molar-refractivity contribution in [2.24, 2.45) is 0 Å². The summed E-state index contributed by atoms with van der Waals surface area (Å²) in [4.78, 5) is 0. The van der Waals surface area contributed by atoms with E-state index in [1.54, 1.807) is 6.08 Å². The molecular weight excluding hydrogens is 308 g/mol. The smallest absolute Gasteiger partial charge is 0.187 e. The first-order valence-corrected chi connectivity index (χ1v) is 8.39. The first kappa shape index (κ1) is 17.6. The number of benzene rings is 1. The van der Waals surface area contributed by atoms with E-state index in [0.717, 1.165) is 5.56 Å². The van der Waals surface area contributed by atoms with Crippen molar-refractivity contribution < 1.29 is 23.7 Å². The summed E-state index contributed by atoms with van der Waals surface area (Å²) >= 11 is 0. The Hall–Kier alpha value is -1.24. The van der Waals surface area contributed by atoms with E-state index in [2.05, 4.69) is 6.58 Å². The van der Waals surface area contributed by atoms with Crippen LogP contribution in [0.5, 0.6) is 0 Å². The first-order chi connectivity index (χ1) is 11.5. The van der Waals surface area contributed by atoms with E-state index in [0.29, 0.717) is 13.2 Å². The molecule has 3 rings (SSSR count). The van der Waals surface area contributed by atoms with Gasteiger partial charge in [-0.2, -0.15) is 0 Å². The molecule has 0 aliphatic carbocycles. The highest BCUT2D eigenvalue weighted by Crippen LogP contribution is 2.39. The summed E-state index contributed by atoms with van der Waals surface area (Å²) in [5.74, 6) is -0.658. The fourth-order valence-corrected chi connectivity index (χ4v) is 3.19. The second kappa shape index (κ2) is 7.33. The zero-order chi connectivity index (χ0) is 17.2. The molecule has 1 aromatic rings. The van der Waals surface area contributed by atoms with Gasteiger partial charge in [-0.15, -0.1) is 6.58 Å². The minimum Gasteiger partial charge on any atom is -0.365 e. The number of ether oxygens (including phenoxy) is 5. The average Bonchev–Trinajstić information content (AvgIpc) is 2.89. The summed E-state index contributed by atoms with van der Waals surface area (Å²) in [7, 11) is 0. The Kier molecular flexibility index (Phi) is 5.37. The van der Waals surface area contributed by atoms with Crippen molar-refractivity contribution >= 4 is 0 Å². The lowest BCUT2D eigenvalue weighted by atomic mass is 10.00. The molecule has 0 spiro atoms. The average molecular weight is 334 g/mol. The van der Waals surface area contributed by atoms with Crippen LogP contribution in [0.2, 0.25) is 0 Å². The molecule has 0 bridgehead atoms. The van der Waals surface area contributed by atoms with Crippen molar-refractivity contribution in [3.63, 3.8) is 0 Å². The monoisotopic (exact) mass is 334 g/mol. The molecule has 2 aliphatic heterocycles. The molecule has 5 atom stereocenters. The van der Waals surface area contributed by atoms with Crippen LogP contribution in [-0.2, 0) is 30.3 Å². The van der Waals surface area contributed by atoms with E-state index in [1.807, 2.05) is 51.1 Å². The highest BCUT2D eigenvalue weighted by molar-refractivity contribution is 5.13. The van der Waals surface area contributed by atoms with Crippen LogP contribution in [0.4, 0.5) is 0 Å². The summed E-state index contributed by atoms with van der Waals surface area (Å²) in [6.45, 7) is 10.3. The van der Waals surface area contributed by atoms with Gasteiger partial charge in [0.05, 0.1) is 19.3 Å². The Morgan fingerprint density at radius 2 is 1.83 bits per heavy atom. The molecule has 0 aromatic heterocycles. The van der Waals surface area contributed by atoms with E-state index in [1.165, 1.54) is 0 Å². The molecule has 5 nitrogen and oxygen atoms in total. The Morgan fingerprint density at radius 3 is 2.54 bits per heavy atom. The lowest BCUT2D eigenvalue weighted by Crippen LogP contribution is -2.57. The van der Waals surface area contributed by atoms with Gasteiger partial charge < -0.3 is 23.7 Å². The van der Waals surface area contributed by atoms with Gasteiger partial charge in [0.2, 0.25) is 0 Å². The van der Waals surface area contributed by atoms with Gasteiger partial charge in [0.15, 0.2) is 12.1 Å². The van der Waals surface area contributed by atoms with E-state index in [4.69, 9.17) is 23.7 Å². The molecule has 0 radical (unpaired) electrons. The summed E-state index contributed by atoms with van der Waals surface area (Å²) in [6.07, 6.45) is 0.271. The predicted octanol–water partition coefficient (Wildman–Crippen LogP) is 3.04. The number of hydrogen-bond acceptors (Lipinski definition) is 5. The minimum absolute atomic E-state index is 0.136. The molecule has 2 fully saturated rings. The van der Waals surface area contributed by atoms with Crippen molar-refractivity contribution in [2.75, 3.05) is 6.61 Å². The topological polar surface area (TPSA) is 46.2 Å². The van der Waals surface area contributed by atoms with Crippen molar-refractivity contribution in [2.45, 2.75) is 63.9 Å². The van der Waals surface area contributed by atoms with Gasteiger partial charge in [-0.3, -0.25) is 0 Å². The molecule has 0 saturated carbocycles. The van der Waals surface area contributed by atoms with Crippen molar-refractivity contribution in [3.05, 3.63) is 48.6 Å². The third-order valence-corrected chi connectivity index (χ3v) is 4.23. The molecule has 2 aliphatic rings. The predicted molar refractivity (Wildman–Crippen MR) is 89.3 cm³/mol. The highest BCUT2D eigenvalue weighted by Gasteiger charge is 2.54. The van der Waals surface area contributed by atoms with Crippen molar-refractivity contribution in [1.29, 1.82) is 0 Å². The van der Waals surface area contributed by atoms with Crippen LogP contribution in [0.15, 0.2) is 43.0 Å². The molecule has 1 unspecified atom stereocenters. The van der Waals surface area contributed by atoms with Crippen LogP contribution >= 0.6 is 0 Å². The first-order valence-electron chi connectivity index (χ1n) is 8.39. The van der Waals surface area contributed by atoms with Crippen molar-refractivity contribution in [3.8, 4) is 0 Å². The van der Waals surface area contributed by atoms with Crippen LogP contribution in [0.1, 0.15) is 26.3 Å². The van der Waals surface area contributed by atoms with Gasteiger partial charge in [0, 0.05) is 0 Å². The molecule has 5 heteroatoms. The fraction of sp³-hybridized carbons (Fsp3) is 0.579. The Bertz CT molecular complexity index is 544. The van der Waals surface area contributed by atoms with E-state index in [9.17, 15) is 0 Å². The quantitative estimate of drug-likeness (QED) is 0.748. The van der Waals surface area contributed by atoms with E-state index >= 15 is 0 Å². The van der Waals surface area contributed by atoms with Crippen LogP contribution in [-0.4, -0.2) is 43.1 Å². The summed E-state index contributed by atoms with van der Waals surface area (Å²) in [5.41, 5.74) is 1.09. The molecule has 2 saturated heterocycles. The van der Waals surface area contributed by atoms with Gasteiger partial charge in [0.1, 0.15) is 18.3 Å². The van der Waals surface area contributed by atoms with Gasteiger partial charge >= 0.3 is 0 Å². The second-order valence-electron chi connectivity index (χ2n) is 6.66. The van der Waals surface area contributed by atoms with Crippen LogP contribution in [0, 0.1) is 0 Å². The minimum atomic E-state index is -0.658. The zero-order valence-electron chi connectivity index (χ0n) is 14.5. The summed E-state index contributed by atoms with van der Waals surface area (Å²) < 4.78 is 30.0. The van der Waals surface area contributed by atoms with Crippen LogP contribution in [0.3, 0.4) is 0 Å². The highest BCUT2D eigenvalue weighted by atomic mass is 16.8. The van der Waals surface area contributed by atoms with Gasteiger partial charge in [0.25, 0.3) is 0 Å². The third-order valence-electron chi connectivity index (χ3n) is 4.23. The van der Waals surface area contributed by atoms with Crippen LogP contribution < -0.4 is 0 Å². The Labute approximate surface area is 143 Å². The normalized spacial score (nSPS) is 34.7. The molecule has 1 aromatic carbocycles. The van der Waals surface area contributed by atoms with E-state index in [-0.39, 0.29) is 24.4 Å². The SMILES string of the molecule is C=CCOC1O[C@@H](C)[C@H]2OC(C)(C)O[C@H]2[C@@H]1OCc1ccccc1.